The molecule has 0 saturated heterocycles. The molecule has 0 atom stereocenters. The van der Waals surface area contributed by atoms with Crippen molar-refractivity contribution in [3.8, 4) is 0 Å². The Bertz CT molecular complexity index is 1170. The first-order valence-corrected chi connectivity index (χ1v) is 10.8. The maximum Gasteiger partial charge on any atom is 0.307 e. The number of hydrogen-bond acceptors (Lipinski definition) is 4. The number of fused-ring (bicyclic) bond motifs is 2. The third kappa shape index (κ3) is 4.10. The Balaban J connectivity index is 1.57. The van der Waals surface area contributed by atoms with Gasteiger partial charge in [-0.15, -0.1) is 0 Å². The molecule has 1 aliphatic heterocycles. The Morgan fingerprint density at radius 1 is 1.26 bits per heavy atom. The molecule has 0 fully saturated rings. The number of carbonyl (C=O) groups is 1. The van der Waals surface area contributed by atoms with Crippen molar-refractivity contribution in [2.45, 2.75) is 39.7 Å². The summed E-state index contributed by atoms with van der Waals surface area (Å²) in [6, 6.07) is 13.2. The van der Waals surface area contributed by atoms with Gasteiger partial charge in [0.05, 0.1) is 16.8 Å². The molecule has 0 saturated carbocycles. The van der Waals surface area contributed by atoms with Crippen LogP contribution < -0.4 is 10.3 Å². The van der Waals surface area contributed by atoms with E-state index in [1.165, 1.54) is 5.57 Å². The Hall–Kier alpha value is -3.05. The molecule has 31 heavy (non-hydrogen) atoms. The van der Waals surface area contributed by atoms with E-state index in [1.54, 1.807) is 12.3 Å². The average molecular weight is 436 g/mol. The molecule has 0 bridgehead atoms. The first kappa shape index (κ1) is 21.2. The van der Waals surface area contributed by atoms with Gasteiger partial charge in [-0.3, -0.25) is 4.79 Å². The molecule has 2 heterocycles. The van der Waals surface area contributed by atoms with Crippen molar-refractivity contribution in [2.75, 3.05) is 11.4 Å². The van der Waals surface area contributed by atoms with Crippen LogP contribution in [0.1, 0.15) is 55.8 Å². The largest absolute Gasteiger partial charge is 0.451 e. The molecule has 6 heteroatoms. The summed E-state index contributed by atoms with van der Waals surface area (Å²) in [6.45, 7) is 9.66. The lowest BCUT2D eigenvalue weighted by Gasteiger charge is -2.43. The van der Waals surface area contributed by atoms with E-state index in [0.717, 1.165) is 35.2 Å². The highest BCUT2D eigenvalue weighted by atomic mass is 35.5. The quantitative estimate of drug-likeness (QED) is 0.380. The zero-order chi connectivity index (χ0) is 22.2. The number of hydrogen-bond donors (Lipinski definition) is 1. The first-order valence-electron chi connectivity index (χ1n) is 10.4. The lowest BCUT2D eigenvalue weighted by Crippen LogP contribution is -2.45. The molecule has 0 aliphatic carbocycles. The molecule has 0 radical (unpaired) electrons. The number of carbonyl (C=O) groups excluding carboxylic acids is 1. The van der Waals surface area contributed by atoms with E-state index in [4.69, 9.17) is 16.0 Å². The molecule has 1 amide bonds. The smallest absolute Gasteiger partial charge is 0.307 e. The van der Waals surface area contributed by atoms with Gasteiger partial charge in [-0.25, -0.2) is 5.43 Å². The van der Waals surface area contributed by atoms with Crippen molar-refractivity contribution < 1.29 is 9.21 Å². The van der Waals surface area contributed by atoms with Crippen molar-refractivity contribution >= 4 is 46.0 Å². The molecular weight excluding hydrogens is 410 g/mol. The van der Waals surface area contributed by atoms with Gasteiger partial charge >= 0.3 is 5.91 Å². The summed E-state index contributed by atoms with van der Waals surface area (Å²) >= 11 is 6.58. The third-order valence-corrected chi connectivity index (χ3v) is 5.89. The second-order valence-electron chi connectivity index (χ2n) is 8.37. The Kier molecular flexibility index (Phi) is 5.63. The van der Waals surface area contributed by atoms with Crippen LogP contribution in [0.5, 0.6) is 0 Å². The zero-order valence-electron chi connectivity index (χ0n) is 18.2. The van der Waals surface area contributed by atoms with Crippen molar-refractivity contribution in [1.29, 1.82) is 0 Å². The van der Waals surface area contributed by atoms with Crippen molar-refractivity contribution in [3.05, 3.63) is 70.5 Å². The Morgan fingerprint density at radius 3 is 2.77 bits per heavy atom. The number of nitrogens with one attached hydrogen (secondary N) is 1. The molecule has 3 aromatic rings. The number of nitrogens with zero attached hydrogens (tertiary/aromatic N) is 2. The van der Waals surface area contributed by atoms with Gasteiger partial charge in [-0.2, -0.15) is 5.10 Å². The van der Waals surface area contributed by atoms with Crippen LogP contribution in [0.2, 0.25) is 5.02 Å². The SMILES string of the molecule is CCCN1c2cc(Cl)c(/C=N/NC(=O)c3cc4ccccc4o3)cc2C(C)=CC1(C)C. The average Bonchev–Trinajstić information content (AvgIpc) is 3.16. The normalized spacial score (nSPS) is 15.3. The van der Waals surface area contributed by atoms with E-state index in [2.05, 4.69) is 49.2 Å². The van der Waals surface area contributed by atoms with Gasteiger partial charge in [0.15, 0.2) is 5.76 Å². The minimum Gasteiger partial charge on any atom is -0.451 e. The van der Waals surface area contributed by atoms with Crippen LogP contribution in [0.3, 0.4) is 0 Å². The predicted molar refractivity (Wildman–Crippen MR) is 128 cm³/mol. The highest BCUT2D eigenvalue weighted by Crippen LogP contribution is 2.41. The van der Waals surface area contributed by atoms with Gasteiger partial charge in [0.2, 0.25) is 0 Å². The number of furan rings is 1. The van der Waals surface area contributed by atoms with Gasteiger partial charge in [-0.1, -0.05) is 42.8 Å². The van der Waals surface area contributed by atoms with Crippen LogP contribution in [0.25, 0.3) is 16.5 Å². The number of rotatable bonds is 5. The summed E-state index contributed by atoms with van der Waals surface area (Å²) in [4.78, 5) is 14.8. The Morgan fingerprint density at radius 2 is 2.03 bits per heavy atom. The van der Waals surface area contributed by atoms with Crippen molar-refractivity contribution in [2.24, 2.45) is 5.10 Å². The van der Waals surface area contributed by atoms with Crippen LogP contribution in [-0.2, 0) is 0 Å². The first-order chi connectivity index (χ1) is 14.8. The summed E-state index contributed by atoms with van der Waals surface area (Å²) < 4.78 is 5.57. The maximum absolute atomic E-state index is 12.4. The second kappa shape index (κ2) is 8.23. The van der Waals surface area contributed by atoms with Crippen molar-refractivity contribution in [1.82, 2.24) is 5.43 Å². The zero-order valence-corrected chi connectivity index (χ0v) is 19.0. The lowest BCUT2D eigenvalue weighted by atomic mass is 9.88. The molecule has 160 valence electrons. The predicted octanol–water partition coefficient (Wildman–Crippen LogP) is 6.26. The summed E-state index contributed by atoms with van der Waals surface area (Å²) in [7, 11) is 0. The monoisotopic (exact) mass is 435 g/mol. The summed E-state index contributed by atoms with van der Waals surface area (Å²) in [5, 5.41) is 5.57. The molecular formula is C25H26ClN3O2. The number of amides is 1. The van der Waals surface area contributed by atoms with E-state index >= 15 is 0 Å². The van der Waals surface area contributed by atoms with Crippen LogP contribution in [-0.4, -0.2) is 24.2 Å². The van der Waals surface area contributed by atoms with Gasteiger partial charge < -0.3 is 9.32 Å². The third-order valence-electron chi connectivity index (χ3n) is 5.56. The molecule has 4 rings (SSSR count). The van der Waals surface area contributed by atoms with E-state index in [9.17, 15) is 4.79 Å². The fourth-order valence-corrected chi connectivity index (χ4v) is 4.36. The van der Waals surface area contributed by atoms with Crippen LogP contribution >= 0.6 is 11.6 Å². The molecule has 2 aromatic carbocycles. The number of benzene rings is 2. The highest BCUT2D eigenvalue weighted by molar-refractivity contribution is 6.33. The molecule has 5 nitrogen and oxygen atoms in total. The summed E-state index contributed by atoms with van der Waals surface area (Å²) in [6.07, 6.45) is 4.90. The fourth-order valence-electron chi connectivity index (χ4n) is 4.16. The number of anilines is 1. The van der Waals surface area contributed by atoms with E-state index in [1.807, 2.05) is 36.4 Å². The molecule has 1 N–H and O–H groups in total. The number of hydrazone groups is 1. The van der Waals surface area contributed by atoms with Crippen LogP contribution in [0.4, 0.5) is 5.69 Å². The van der Waals surface area contributed by atoms with Gasteiger partial charge in [0, 0.05) is 28.7 Å². The van der Waals surface area contributed by atoms with Crippen LogP contribution in [0, 0.1) is 0 Å². The fraction of sp³-hybridized carbons (Fsp3) is 0.280. The number of halogens is 1. The van der Waals surface area contributed by atoms with Crippen LogP contribution in [0.15, 0.2) is 58.1 Å². The topological polar surface area (TPSA) is 57.8 Å². The minimum absolute atomic E-state index is 0.0768. The molecule has 0 spiro atoms. The standard InChI is InChI=1S/C25H26ClN3O2/c1-5-10-29-21-13-20(26)18(11-19(21)16(2)14-25(29,3)4)15-27-28-24(30)23-12-17-8-6-7-9-22(17)31-23/h6-9,11-15H,5,10H2,1-4H3,(H,28,30)/b27-15+. The van der Waals surface area contributed by atoms with Gasteiger partial charge in [0.25, 0.3) is 0 Å². The summed E-state index contributed by atoms with van der Waals surface area (Å²) in [5.41, 5.74) is 7.30. The summed E-state index contributed by atoms with van der Waals surface area (Å²) in [5.74, 6) is -0.195. The van der Waals surface area contributed by atoms with Gasteiger partial charge in [0.1, 0.15) is 5.58 Å². The van der Waals surface area contributed by atoms with E-state index in [-0.39, 0.29) is 11.3 Å². The maximum atomic E-state index is 12.4. The lowest BCUT2D eigenvalue weighted by molar-refractivity contribution is 0.0929. The van der Waals surface area contributed by atoms with E-state index in [0.29, 0.717) is 10.6 Å². The van der Waals surface area contributed by atoms with E-state index < -0.39 is 5.91 Å². The highest BCUT2D eigenvalue weighted by Gasteiger charge is 2.31. The second-order valence-corrected chi connectivity index (χ2v) is 8.78. The van der Waals surface area contributed by atoms with Crippen molar-refractivity contribution in [3.63, 3.8) is 0 Å². The number of allylic oxidation sites excluding steroid dienone is 1. The Labute approximate surface area is 187 Å². The minimum atomic E-state index is -0.409. The van der Waals surface area contributed by atoms with Gasteiger partial charge in [-0.05, 0) is 57.0 Å². The molecule has 1 aromatic heterocycles. The number of para-hydroxylation sites is 1. The molecule has 0 unspecified atom stereocenters. The molecule has 1 aliphatic rings.